The number of fused-ring (bicyclic) bond motifs is 1. The number of aromatic nitrogens is 2. The molecule has 1 aromatic carbocycles. The van der Waals surface area contributed by atoms with Crippen LogP contribution in [0.5, 0.6) is 0 Å². The van der Waals surface area contributed by atoms with E-state index in [1.54, 1.807) is 0 Å². The summed E-state index contributed by atoms with van der Waals surface area (Å²) in [6, 6.07) is 6.19. The molecule has 0 bridgehead atoms. The zero-order valence-corrected chi connectivity index (χ0v) is 16.0. The quantitative estimate of drug-likeness (QED) is 0.756. The van der Waals surface area contributed by atoms with Crippen molar-refractivity contribution in [3.05, 3.63) is 29.0 Å². The molecule has 1 aromatic heterocycles. The maximum atomic E-state index is 12.1. The van der Waals surface area contributed by atoms with Gasteiger partial charge in [-0.3, -0.25) is 0 Å². The summed E-state index contributed by atoms with van der Waals surface area (Å²) < 4.78 is 8.72. The Morgan fingerprint density at radius 1 is 1.33 bits per heavy atom. The molecule has 0 atom stereocenters. The molecule has 0 spiro atoms. The molecule has 3 rings (SSSR count). The number of hydrogen-bond acceptors (Lipinski definition) is 3. The summed E-state index contributed by atoms with van der Waals surface area (Å²) in [6.07, 6.45) is 3.71. The first-order chi connectivity index (χ1) is 11.3. The van der Waals surface area contributed by atoms with E-state index in [1.165, 1.54) is 0 Å². The maximum absolute atomic E-state index is 12.1. The second-order valence-corrected chi connectivity index (χ2v) is 8.36. The summed E-state index contributed by atoms with van der Waals surface area (Å²) in [5.74, 6) is 0.560. The third-order valence-electron chi connectivity index (χ3n) is 4.30. The Hall–Kier alpha value is -1.56. The molecular formula is C18H24BrN3O2. The number of hydrogen-bond donors (Lipinski definition) is 0. The highest BCUT2D eigenvalue weighted by Crippen LogP contribution is 2.24. The molecule has 0 unspecified atom stereocenters. The van der Waals surface area contributed by atoms with Gasteiger partial charge >= 0.3 is 6.09 Å². The molecule has 2 heterocycles. The summed E-state index contributed by atoms with van der Waals surface area (Å²) in [6.45, 7) is 8.18. The highest BCUT2D eigenvalue weighted by molar-refractivity contribution is 9.10. The van der Waals surface area contributed by atoms with Gasteiger partial charge < -0.3 is 14.2 Å². The van der Waals surface area contributed by atoms with Crippen molar-refractivity contribution in [2.75, 3.05) is 13.1 Å². The Kier molecular flexibility index (Phi) is 4.85. The van der Waals surface area contributed by atoms with Crippen LogP contribution in [-0.2, 0) is 11.3 Å². The molecule has 1 amide bonds. The van der Waals surface area contributed by atoms with E-state index in [0.29, 0.717) is 5.92 Å². The smallest absolute Gasteiger partial charge is 0.410 e. The molecule has 1 aliphatic rings. The minimum atomic E-state index is -0.433. The molecule has 6 heteroatoms. The van der Waals surface area contributed by atoms with E-state index < -0.39 is 5.60 Å². The van der Waals surface area contributed by atoms with Crippen molar-refractivity contribution in [2.24, 2.45) is 5.92 Å². The lowest BCUT2D eigenvalue weighted by atomic mass is 9.97. The Balaban J connectivity index is 1.58. The number of carbonyl (C=O) groups is 1. The molecule has 0 aliphatic carbocycles. The maximum Gasteiger partial charge on any atom is 0.410 e. The van der Waals surface area contributed by atoms with E-state index in [1.807, 2.05) is 44.1 Å². The first-order valence-electron chi connectivity index (χ1n) is 8.40. The van der Waals surface area contributed by atoms with Gasteiger partial charge in [-0.05, 0) is 57.7 Å². The SMILES string of the molecule is CC(C)(C)OC(=O)N1CCC(Cn2cnc3cc(Br)ccc32)CC1. The summed E-state index contributed by atoms with van der Waals surface area (Å²) in [5.41, 5.74) is 1.74. The van der Waals surface area contributed by atoms with E-state index in [-0.39, 0.29) is 6.09 Å². The summed E-state index contributed by atoms with van der Waals surface area (Å²) in [7, 11) is 0. The van der Waals surface area contributed by atoms with E-state index >= 15 is 0 Å². The number of benzene rings is 1. The number of ether oxygens (including phenoxy) is 1. The van der Waals surface area contributed by atoms with E-state index in [4.69, 9.17) is 4.74 Å². The third-order valence-corrected chi connectivity index (χ3v) is 4.80. The van der Waals surface area contributed by atoms with Crippen LogP contribution in [0.25, 0.3) is 11.0 Å². The largest absolute Gasteiger partial charge is 0.444 e. The van der Waals surface area contributed by atoms with Crippen LogP contribution >= 0.6 is 15.9 Å². The zero-order valence-electron chi connectivity index (χ0n) is 14.5. The first-order valence-corrected chi connectivity index (χ1v) is 9.19. The van der Waals surface area contributed by atoms with Crippen molar-refractivity contribution in [3.8, 4) is 0 Å². The van der Waals surface area contributed by atoms with Crippen LogP contribution in [0.4, 0.5) is 4.79 Å². The number of carbonyl (C=O) groups excluding carboxylic acids is 1. The molecule has 24 heavy (non-hydrogen) atoms. The number of rotatable bonds is 2. The highest BCUT2D eigenvalue weighted by atomic mass is 79.9. The van der Waals surface area contributed by atoms with Crippen LogP contribution < -0.4 is 0 Å². The monoisotopic (exact) mass is 393 g/mol. The van der Waals surface area contributed by atoms with Crippen molar-refractivity contribution in [2.45, 2.75) is 45.8 Å². The van der Waals surface area contributed by atoms with Gasteiger partial charge in [0.15, 0.2) is 0 Å². The van der Waals surface area contributed by atoms with Crippen molar-refractivity contribution >= 4 is 33.1 Å². The van der Waals surface area contributed by atoms with E-state index in [2.05, 4.69) is 31.5 Å². The zero-order chi connectivity index (χ0) is 17.3. The van der Waals surface area contributed by atoms with Crippen LogP contribution in [-0.4, -0.2) is 39.2 Å². The number of imidazole rings is 1. The van der Waals surface area contributed by atoms with Gasteiger partial charge in [-0.25, -0.2) is 9.78 Å². The second kappa shape index (κ2) is 6.75. The molecule has 0 N–H and O–H groups in total. The van der Waals surface area contributed by atoms with Gasteiger partial charge in [-0.15, -0.1) is 0 Å². The molecule has 2 aromatic rings. The van der Waals surface area contributed by atoms with Crippen molar-refractivity contribution < 1.29 is 9.53 Å². The van der Waals surface area contributed by atoms with Gasteiger partial charge in [0.2, 0.25) is 0 Å². The molecule has 0 saturated carbocycles. The standard InChI is InChI=1S/C18H24BrN3O2/c1-18(2,3)24-17(23)21-8-6-13(7-9-21)11-22-12-20-15-10-14(19)4-5-16(15)22/h4-5,10,12-13H,6-9,11H2,1-3H3. The van der Waals surface area contributed by atoms with Gasteiger partial charge in [0, 0.05) is 24.1 Å². The number of amides is 1. The number of nitrogens with zero attached hydrogens (tertiary/aromatic N) is 3. The minimum absolute atomic E-state index is 0.195. The van der Waals surface area contributed by atoms with Crippen LogP contribution in [0.2, 0.25) is 0 Å². The summed E-state index contributed by atoms with van der Waals surface area (Å²) >= 11 is 3.48. The van der Waals surface area contributed by atoms with Gasteiger partial charge in [-0.1, -0.05) is 15.9 Å². The average Bonchev–Trinajstić information content (AvgIpc) is 2.88. The van der Waals surface area contributed by atoms with Crippen molar-refractivity contribution in [1.82, 2.24) is 14.5 Å². The first kappa shape index (κ1) is 17.3. The van der Waals surface area contributed by atoms with E-state index in [0.717, 1.165) is 48.0 Å². The fourth-order valence-electron chi connectivity index (χ4n) is 3.09. The summed E-state index contributed by atoms with van der Waals surface area (Å²) in [4.78, 5) is 18.4. The average molecular weight is 394 g/mol. The molecule has 5 nitrogen and oxygen atoms in total. The topological polar surface area (TPSA) is 47.4 Å². The van der Waals surface area contributed by atoms with Gasteiger partial charge in [0.05, 0.1) is 17.4 Å². The molecule has 130 valence electrons. The predicted molar refractivity (Wildman–Crippen MR) is 98.0 cm³/mol. The van der Waals surface area contributed by atoms with Crippen LogP contribution in [0.3, 0.4) is 0 Å². The van der Waals surface area contributed by atoms with Crippen molar-refractivity contribution in [1.29, 1.82) is 0 Å². The highest BCUT2D eigenvalue weighted by Gasteiger charge is 2.27. The predicted octanol–water partition coefficient (Wildman–Crippen LogP) is 4.45. The number of halogens is 1. The van der Waals surface area contributed by atoms with Crippen LogP contribution in [0, 0.1) is 5.92 Å². The molecule has 1 aliphatic heterocycles. The number of piperidine rings is 1. The lowest BCUT2D eigenvalue weighted by molar-refractivity contribution is 0.0178. The Bertz CT molecular complexity index is 727. The lowest BCUT2D eigenvalue weighted by Crippen LogP contribution is -2.42. The Labute approximate surface area is 151 Å². The van der Waals surface area contributed by atoms with Gasteiger partial charge in [0.25, 0.3) is 0 Å². The Morgan fingerprint density at radius 3 is 2.71 bits per heavy atom. The minimum Gasteiger partial charge on any atom is -0.444 e. The molecule has 1 fully saturated rings. The fourth-order valence-corrected chi connectivity index (χ4v) is 3.43. The third kappa shape index (κ3) is 4.09. The van der Waals surface area contributed by atoms with Gasteiger partial charge in [0.1, 0.15) is 5.60 Å². The van der Waals surface area contributed by atoms with Crippen molar-refractivity contribution in [3.63, 3.8) is 0 Å². The molecular weight excluding hydrogens is 370 g/mol. The summed E-state index contributed by atoms with van der Waals surface area (Å²) in [5, 5.41) is 0. The van der Waals surface area contributed by atoms with Gasteiger partial charge in [-0.2, -0.15) is 0 Å². The van der Waals surface area contributed by atoms with E-state index in [9.17, 15) is 4.79 Å². The Morgan fingerprint density at radius 2 is 2.04 bits per heavy atom. The van der Waals surface area contributed by atoms with Crippen LogP contribution in [0.15, 0.2) is 29.0 Å². The molecule has 1 saturated heterocycles. The fraction of sp³-hybridized carbons (Fsp3) is 0.556. The lowest BCUT2D eigenvalue weighted by Gasteiger charge is -2.33. The second-order valence-electron chi connectivity index (χ2n) is 7.44. The normalized spacial score (nSPS) is 16.6. The number of likely N-dealkylation sites (tertiary alicyclic amines) is 1. The van der Waals surface area contributed by atoms with Crippen LogP contribution in [0.1, 0.15) is 33.6 Å². The molecule has 0 radical (unpaired) electrons.